The molecule has 0 aliphatic rings. The van der Waals surface area contributed by atoms with Gasteiger partial charge in [-0.25, -0.2) is 26.3 Å². The van der Waals surface area contributed by atoms with E-state index >= 15 is 0 Å². The van der Waals surface area contributed by atoms with Crippen molar-refractivity contribution in [2.75, 3.05) is 19.3 Å². The summed E-state index contributed by atoms with van der Waals surface area (Å²) >= 11 is 0. The zero-order chi connectivity index (χ0) is 16.1. The Morgan fingerprint density at radius 1 is 1.19 bits per heavy atom. The maximum absolute atomic E-state index is 11.9. The van der Waals surface area contributed by atoms with Crippen molar-refractivity contribution in [1.29, 1.82) is 0 Å². The molecule has 1 aromatic heterocycles. The largest absolute Gasteiger partial charge is 0.447 e. The van der Waals surface area contributed by atoms with Crippen LogP contribution in [0.5, 0.6) is 0 Å². The van der Waals surface area contributed by atoms with Crippen LogP contribution in [0.3, 0.4) is 0 Å². The SMILES string of the molecule is CNS(=O)(=O)CCNS(=O)(=O)c1ccc(CNC(C)C)o1. The zero-order valence-corrected chi connectivity index (χ0v) is 13.8. The maximum Gasteiger partial charge on any atom is 0.273 e. The summed E-state index contributed by atoms with van der Waals surface area (Å²) in [4.78, 5) is 0. The number of furan rings is 1. The Hall–Kier alpha value is -0.940. The standard InChI is InChI=1S/C11H21N3O5S2/c1-9(2)13-8-10-4-5-11(19-10)21(17,18)14-6-7-20(15,16)12-3/h4-5,9,12-14H,6-8H2,1-3H3. The number of nitrogens with one attached hydrogen (secondary N) is 3. The van der Waals surface area contributed by atoms with E-state index in [1.165, 1.54) is 13.1 Å². The third kappa shape index (κ3) is 6.14. The molecule has 0 aliphatic heterocycles. The Kier molecular flexibility index (Phi) is 6.35. The fraction of sp³-hybridized carbons (Fsp3) is 0.636. The van der Waals surface area contributed by atoms with Crippen LogP contribution in [-0.4, -0.2) is 42.2 Å². The second kappa shape index (κ2) is 7.36. The van der Waals surface area contributed by atoms with E-state index < -0.39 is 20.0 Å². The van der Waals surface area contributed by atoms with Crippen molar-refractivity contribution in [1.82, 2.24) is 14.8 Å². The molecule has 0 atom stereocenters. The molecule has 0 aliphatic carbocycles. The predicted molar refractivity (Wildman–Crippen MR) is 78.7 cm³/mol. The molecule has 8 nitrogen and oxygen atoms in total. The smallest absolute Gasteiger partial charge is 0.273 e. The maximum atomic E-state index is 11.9. The summed E-state index contributed by atoms with van der Waals surface area (Å²) in [6.07, 6.45) is 0. The summed E-state index contributed by atoms with van der Waals surface area (Å²) in [5.41, 5.74) is 0. The topological polar surface area (TPSA) is 118 Å². The molecule has 0 amide bonds. The van der Waals surface area contributed by atoms with Crippen molar-refractivity contribution < 1.29 is 21.3 Å². The van der Waals surface area contributed by atoms with Gasteiger partial charge < -0.3 is 9.73 Å². The highest BCUT2D eigenvalue weighted by Gasteiger charge is 2.19. The third-order valence-corrected chi connectivity index (χ3v) is 5.26. The summed E-state index contributed by atoms with van der Waals surface area (Å²) in [6, 6.07) is 3.15. The van der Waals surface area contributed by atoms with Gasteiger partial charge in [-0.2, -0.15) is 0 Å². The first-order valence-electron chi connectivity index (χ1n) is 6.39. The van der Waals surface area contributed by atoms with Gasteiger partial charge in [-0.05, 0) is 19.2 Å². The van der Waals surface area contributed by atoms with E-state index in [0.717, 1.165) is 0 Å². The summed E-state index contributed by atoms with van der Waals surface area (Å²) < 4.78 is 55.7. The lowest BCUT2D eigenvalue weighted by atomic mass is 10.3. The highest BCUT2D eigenvalue weighted by molar-refractivity contribution is 7.90. The van der Waals surface area contributed by atoms with Gasteiger partial charge in [-0.15, -0.1) is 0 Å². The molecule has 0 fully saturated rings. The number of hydrogen-bond acceptors (Lipinski definition) is 6. The van der Waals surface area contributed by atoms with Gasteiger partial charge in [0, 0.05) is 12.6 Å². The zero-order valence-electron chi connectivity index (χ0n) is 12.2. The van der Waals surface area contributed by atoms with E-state index in [4.69, 9.17) is 4.42 Å². The Balaban J connectivity index is 2.62. The van der Waals surface area contributed by atoms with E-state index in [-0.39, 0.29) is 23.4 Å². The Morgan fingerprint density at radius 2 is 1.86 bits per heavy atom. The van der Waals surface area contributed by atoms with Gasteiger partial charge in [0.05, 0.1) is 12.3 Å². The molecule has 0 saturated heterocycles. The normalized spacial score (nSPS) is 13.0. The van der Waals surface area contributed by atoms with E-state index in [0.29, 0.717) is 12.3 Å². The molecule has 0 spiro atoms. The molecule has 1 aromatic rings. The van der Waals surface area contributed by atoms with Gasteiger partial charge in [0.15, 0.2) is 0 Å². The molecule has 1 rings (SSSR count). The van der Waals surface area contributed by atoms with Crippen molar-refractivity contribution in [3.8, 4) is 0 Å². The van der Waals surface area contributed by atoms with Crippen molar-refractivity contribution >= 4 is 20.0 Å². The minimum absolute atomic E-state index is 0.230. The Labute approximate surface area is 125 Å². The van der Waals surface area contributed by atoms with Crippen LogP contribution in [-0.2, 0) is 26.6 Å². The molecular formula is C11H21N3O5S2. The summed E-state index contributed by atoms with van der Waals surface area (Å²) in [7, 11) is -6.03. The fourth-order valence-electron chi connectivity index (χ4n) is 1.39. The lowest BCUT2D eigenvalue weighted by Crippen LogP contribution is -2.32. The highest BCUT2D eigenvalue weighted by Crippen LogP contribution is 2.13. The van der Waals surface area contributed by atoms with Gasteiger partial charge in [-0.3, -0.25) is 0 Å². The van der Waals surface area contributed by atoms with Crippen LogP contribution in [0.15, 0.2) is 21.6 Å². The molecule has 1 heterocycles. The molecule has 3 N–H and O–H groups in total. The van der Waals surface area contributed by atoms with Gasteiger partial charge in [0.1, 0.15) is 5.76 Å². The first-order valence-corrected chi connectivity index (χ1v) is 9.53. The lowest BCUT2D eigenvalue weighted by molar-refractivity contribution is 0.393. The molecule has 122 valence electrons. The lowest BCUT2D eigenvalue weighted by Gasteiger charge is -2.06. The molecule has 0 bridgehead atoms. The number of hydrogen-bond donors (Lipinski definition) is 3. The molecule has 10 heteroatoms. The summed E-state index contributed by atoms with van der Waals surface area (Å²) in [6.45, 7) is 4.11. The van der Waals surface area contributed by atoms with Crippen LogP contribution in [0, 0.1) is 0 Å². The van der Waals surface area contributed by atoms with E-state index in [2.05, 4.69) is 14.8 Å². The van der Waals surface area contributed by atoms with Crippen molar-refractivity contribution in [2.24, 2.45) is 0 Å². The molecule has 0 aromatic carbocycles. The quantitative estimate of drug-likeness (QED) is 0.564. The molecular weight excluding hydrogens is 318 g/mol. The van der Waals surface area contributed by atoms with E-state index in [9.17, 15) is 16.8 Å². The Morgan fingerprint density at radius 3 is 2.43 bits per heavy atom. The van der Waals surface area contributed by atoms with E-state index in [1.807, 2.05) is 13.8 Å². The van der Waals surface area contributed by atoms with Gasteiger partial charge in [0.25, 0.3) is 10.0 Å². The first kappa shape index (κ1) is 18.1. The fourth-order valence-corrected chi connectivity index (χ4v) is 3.07. The summed E-state index contributed by atoms with van der Waals surface area (Å²) in [5.74, 6) is 0.150. The average molecular weight is 339 g/mol. The van der Waals surface area contributed by atoms with Crippen molar-refractivity contribution in [3.63, 3.8) is 0 Å². The second-order valence-electron chi connectivity index (χ2n) is 4.68. The molecule has 0 unspecified atom stereocenters. The van der Waals surface area contributed by atoms with Gasteiger partial charge in [0.2, 0.25) is 15.1 Å². The highest BCUT2D eigenvalue weighted by atomic mass is 32.2. The van der Waals surface area contributed by atoms with Crippen LogP contribution < -0.4 is 14.8 Å². The second-order valence-corrected chi connectivity index (χ2v) is 8.42. The Bertz CT molecular complexity index is 649. The molecule has 0 radical (unpaired) electrons. The predicted octanol–water partition coefficient (Wildman–Crippen LogP) is -0.395. The molecule has 21 heavy (non-hydrogen) atoms. The van der Waals surface area contributed by atoms with Crippen LogP contribution in [0.25, 0.3) is 0 Å². The van der Waals surface area contributed by atoms with Crippen molar-refractivity contribution in [2.45, 2.75) is 31.5 Å². The van der Waals surface area contributed by atoms with E-state index in [1.54, 1.807) is 6.07 Å². The number of rotatable bonds is 9. The van der Waals surface area contributed by atoms with Crippen LogP contribution in [0.1, 0.15) is 19.6 Å². The van der Waals surface area contributed by atoms with Gasteiger partial charge >= 0.3 is 0 Å². The van der Waals surface area contributed by atoms with Crippen LogP contribution >= 0.6 is 0 Å². The van der Waals surface area contributed by atoms with Crippen molar-refractivity contribution in [3.05, 3.63) is 17.9 Å². The summed E-state index contributed by atoms with van der Waals surface area (Å²) in [5, 5.41) is 2.87. The average Bonchev–Trinajstić information content (AvgIpc) is 2.85. The minimum Gasteiger partial charge on any atom is -0.447 e. The van der Waals surface area contributed by atoms with Gasteiger partial charge in [-0.1, -0.05) is 13.8 Å². The van der Waals surface area contributed by atoms with Crippen LogP contribution in [0.2, 0.25) is 0 Å². The third-order valence-electron chi connectivity index (χ3n) is 2.56. The number of sulfonamides is 2. The van der Waals surface area contributed by atoms with Crippen LogP contribution in [0.4, 0.5) is 0 Å². The monoisotopic (exact) mass is 339 g/mol. The first-order chi connectivity index (χ1) is 9.66. The minimum atomic E-state index is -3.85. The molecule has 0 saturated carbocycles.